The third-order valence-electron chi connectivity index (χ3n) is 4.98. The van der Waals surface area contributed by atoms with Crippen LogP contribution in [0.5, 0.6) is 0 Å². The Morgan fingerprint density at radius 3 is 2.76 bits per heavy atom. The van der Waals surface area contributed by atoms with Crippen molar-refractivity contribution >= 4 is 11.9 Å². The van der Waals surface area contributed by atoms with E-state index in [1.807, 2.05) is 12.1 Å². The van der Waals surface area contributed by atoms with Crippen LogP contribution in [-0.4, -0.2) is 22.5 Å². The summed E-state index contributed by atoms with van der Waals surface area (Å²) in [6, 6.07) is 8.35. The molecule has 4 heteroatoms. The molecule has 0 aliphatic heterocycles. The number of carbonyl (C=O) groups excluding carboxylic acids is 1. The molecule has 3 rings (SSSR count). The van der Waals surface area contributed by atoms with Crippen LogP contribution < -0.4 is 5.32 Å². The topological polar surface area (TPSA) is 66.4 Å². The van der Waals surface area contributed by atoms with Gasteiger partial charge in [-0.15, -0.1) is 0 Å². The minimum Gasteiger partial charge on any atom is -0.480 e. The molecule has 1 fully saturated rings. The van der Waals surface area contributed by atoms with Crippen molar-refractivity contribution in [1.82, 2.24) is 5.32 Å². The standard InChI is InChI=1S/C17H21NO3/c1-16(2,15(20)21)18-14(19)13-10-17(13)9-5-7-11-6-3-4-8-12(11)17/h3-4,6,8,13H,5,7,9-10H2,1-2H3,(H,18,19)(H,20,21)/t13-,17-/m1/s1. The van der Waals surface area contributed by atoms with E-state index in [9.17, 15) is 9.59 Å². The summed E-state index contributed by atoms with van der Waals surface area (Å²) >= 11 is 0. The van der Waals surface area contributed by atoms with Gasteiger partial charge in [-0.25, -0.2) is 4.79 Å². The van der Waals surface area contributed by atoms with Crippen molar-refractivity contribution in [2.75, 3.05) is 0 Å². The zero-order valence-electron chi connectivity index (χ0n) is 12.5. The fourth-order valence-corrected chi connectivity index (χ4v) is 3.62. The summed E-state index contributed by atoms with van der Waals surface area (Å²) < 4.78 is 0. The van der Waals surface area contributed by atoms with Gasteiger partial charge in [0.1, 0.15) is 5.54 Å². The highest BCUT2D eigenvalue weighted by molar-refractivity contribution is 5.90. The molecule has 0 saturated heterocycles. The molecule has 1 amide bonds. The van der Waals surface area contributed by atoms with Crippen molar-refractivity contribution in [3.63, 3.8) is 0 Å². The summed E-state index contributed by atoms with van der Waals surface area (Å²) in [6.45, 7) is 3.05. The molecular weight excluding hydrogens is 266 g/mol. The fraction of sp³-hybridized carbons (Fsp3) is 0.529. The molecular formula is C17H21NO3. The second kappa shape index (κ2) is 4.58. The maximum Gasteiger partial charge on any atom is 0.328 e. The molecule has 1 spiro atoms. The van der Waals surface area contributed by atoms with Crippen LogP contribution in [0.3, 0.4) is 0 Å². The van der Waals surface area contributed by atoms with Crippen LogP contribution in [0.15, 0.2) is 24.3 Å². The molecule has 1 saturated carbocycles. The molecule has 0 bridgehead atoms. The van der Waals surface area contributed by atoms with E-state index < -0.39 is 11.5 Å². The number of nitrogens with one attached hydrogen (secondary N) is 1. The number of carboxylic acids is 1. The number of aliphatic carboxylic acids is 1. The van der Waals surface area contributed by atoms with Gasteiger partial charge in [-0.3, -0.25) is 4.79 Å². The Morgan fingerprint density at radius 2 is 2.05 bits per heavy atom. The molecule has 112 valence electrons. The zero-order chi connectivity index (χ0) is 15.3. The lowest BCUT2D eigenvalue weighted by molar-refractivity contribution is -0.146. The van der Waals surface area contributed by atoms with Gasteiger partial charge in [0.2, 0.25) is 5.91 Å². The lowest BCUT2D eigenvalue weighted by Crippen LogP contribution is -2.50. The van der Waals surface area contributed by atoms with Gasteiger partial charge in [-0.1, -0.05) is 24.3 Å². The maximum atomic E-state index is 12.4. The van der Waals surface area contributed by atoms with Crippen molar-refractivity contribution in [1.29, 1.82) is 0 Å². The number of fused-ring (bicyclic) bond motifs is 2. The van der Waals surface area contributed by atoms with Crippen LogP contribution in [0.25, 0.3) is 0 Å². The van der Waals surface area contributed by atoms with Crippen LogP contribution in [0.2, 0.25) is 0 Å². The first kappa shape index (κ1) is 14.1. The van der Waals surface area contributed by atoms with E-state index in [4.69, 9.17) is 5.11 Å². The lowest BCUT2D eigenvalue weighted by atomic mass is 9.78. The van der Waals surface area contributed by atoms with Crippen molar-refractivity contribution in [3.05, 3.63) is 35.4 Å². The Hall–Kier alpha value is -1.84. The number of hydrogen-bond donors (Lipinski definition) is 2. The normalized spacial score (nSPS) is 27.0. The van der Waals surface area contributed by atoms with Crippen LogP contribution >= 0.6 is 0 Å². The summed E-state index contributed by atoms with van der Waals surface area (Å²) in [5.74, 6) is -1.22. The smallest absolute Gasteiger partial charge is 0.328 e. The van der Waals surface area contributed by atoms with E-state index in [0.717, 1.165) is 25.7 Å². The third-order valence-corrected chi connectivity index (χ3v) is 4.98. The third kappa shape index (κ3) is 2.23. The lowest BCUT2D eigenvalue weighted by Gasteiger charge is -2.27. The van der Waals surface area contributed by atoms with Gasteiger partial charge in [0.15, 0.2) is 0 Å². The van der Waals surface area contributed by atoms with Gasteiger partial charge in [-0.05, 0) is 50.7 Å². The van der Waals surface area contributed by atoms with Gasteiger partial charge < -0.3 is 10.4 Å². The summed E-state index contributed by atoms with van der Waals surface area (Å²) in [6.07, 6.45) is 4.04. The maximum absolute atomic E-state index is 12.4. The Labute approximate surface area is 124 Å². The van der Waals surface area contributed by atoms with Gasteiger partial charge >= 0.3 is 5.97 Å². The second-order valence-electron chi connectivity index (χ2n) is 6.84. The number of aryl methyl sites for hydroxylation is 1. The monoisotopic (exact) mass is 287 g/mol. The van der Waals surface area contributed by atoms with Crippen LogP contribution in [-0.2, 0) is 21.4 Å². The Morgan fingerprint density at radius 1 is 1.33 bits per heavy atom. The molecule has 4 nitrogen and oxygen atoms in total. The molecule has 0 unspecified atom stereocenters. The SMILES string of the molecule is CC(C)(NC(=O)[C@H]1C[C@@]12CCCc1ccccc12)C(=O)O. The molecule has 2 atom stereocenters. The fourth-order valence-electron chi connectivity index (χ4n) is 3.62. The molecule has 1 aromatic rings. The molecule has 1 aromatic carbocycles. The number of rotatable bonds is 3. The van der Waals surface area contributed by atoms with Gasteiger partial charge in [0.25, 0.3) is 0 Å². The van der Waals surface area contributed by atoms with E-state index in [1.54, 1.807) is 0 Å². The summed E-state index contributed by atoms with van der Waals surface area (Å²) in [7, 11) is 0. The Balaban J connectivity index is 1.80. The first-order valence-electron chi connectivity index (χ1n) is 7.51. The highest BCUT2D eigenvalue weighted by Crippen LogP contribution is 2.60. The number of benzene rings is 1. The summed E-state index contributed by atoms with van der Waals surface area (Å²) in [5, 5.41) is 11.8. The second-order valence-corrected chi connectivity index (χ2v) is 6.84. The molecule has 0 heterocycles. The largest absolute Gasteiger partial charge is 0.480 e. The predicted octanol–water partition coefficient (Wildman–Crippen LogP) is 2.26. The predicted molar refractivity (Wildman–Crippen MR) is 79.0 cm³/mol. The van der Waals surface area contributed by atoms with Crippen molar-refractivity contribution < 1.29 is 14.7 Å². The van der Waals surface area contributed by atoms with E-state index >= 15 is 0 Å². The van der Waals surface area contributed by atoms with Gasteiger partial charge in [0, 0.05) is 11.3 Å². The average Bonchev–Trinajstić information content (AvgIpc) is 3.14. The van der Waals surface area contributed by atoms with E-state index in [-0.39, 0.29) is 17.2 Å². The molecule has 21 heavy (non-hydrogen) atoms. The summed E-state index contributed by atoms with van der Waals surface area (Å²) in [5.41, 5.74) is 1.38. The number of carbonyl (C=O) groups is 2. The van der Waals surface area contributed by atoms with Crippen LogP contribution in [0.1, 0.15) is 44.2 Å². The highest BCUT2D eigenvalue weighted by Gasteiger charge is 2.60. The van der Waals surface area contributed by atoms with E-state index in [2.05, 4.69) is 17.4 Å². The first-order valence-corrected chi connectivity index (χ1v) is 7.51. The van der Waals surface area contributed by atoms with Crippen molar-refractivity contribution in [2.45, 2.75) is 50.5 Å². The number of amides is 1. The quantitative estimate of drug-likeness (QED) is 0.896. The number of hydrogen-bond acceptors (Lipinski definition) is 2. The molecule has 2 N–H and O–H groups in total. The van der Waals surface area contributed by atoms with Gasteiger partial charge in [-0.2, -0.15) is 0 Å². The average molecular weight is 287 g/mol. The van der Waals surface area contributed by atoms with Gasteiger partial charge in [0.05, 0.1) is 0 Å². The minimum absolute atomic E-state index is 0.0481. The van der Waals surface area contributed by atoms with Crippen molar-refractivity contribution in [2.24, 2.45) is 5.92 Å². The molecule has 2 aliphatic rings. The molecule has 0 radical (unpaired) electrons. The first-order chi connectivity index (χ1) is 9.87. The van der Waals surface area contributed by atoms with Crippen LogP contribution in [0.4, 0.5) is 0 Å². The highest BCUT2D eigenvalue weighted by atomic mass is 16.4. The Bertz CT molecular complexity index is 608. The van der Waals surface area contributed by atoms with E-state index in [1.165, 1.54) is 25.0 Å². The minimum atomic E-state index is -1.21. The van der Waals surface area contributed by atoms with E-state index in [0.29, 0.717) is 0 Å². The zero-order valence-corrected chi connectivity index (χ0v) is 12.5. The molecule has 0 aromatic heterocycles. The summed E-state index contributed by atoms with van der Waals surface area (Å²) in [4.78, 5) is 23.6. The Kier molecular flexibility index (Phi) is 3.08. The molecule has 2 aliphatic carbocycles. The van der Waals surface area contributed by atoms with Crippen molar-refractivity contribution in [3.8, 4) is 0 Å². The van der Waals surface area contributed by atoms with Crippen LogP contribution in [0, 0.1) is 5.92 Å². The number of carboxylic acid groups (broad SMARTS) is 1.